The molecule has 0 amide bonds. The molecule has 0 spiro atoms. The first-order chi connectivity index (χ1) is 15.5. The first kappa shape index (κ1) is 21.8. The number of rotatable bonds is 8. The van der Waals surface area contributed by atoms with Crippen LogP contribution in [0.25, 0.3) is 0 Å². The largest absolute Gasteiger partial charge is 0.481 e. The van der Waals surface area contributed by atoms with E-state index in [9.17, 15) is 9.90 Å². The number of aliphatic carboxylic acids is 1. The Hall–Kier alpha value is -3.38. The Labute approximate surface area is 189 Å². The Kier molecular flexibility index (Phi) is 6.71. The van der Waals surface area contributed by atoms with Gasteiger partial charge in [0, 0.05) is 19.3 Å². The molecule has 166 valence electrons. The van der Waals surface area contributed by atoms with E-state index in [0.717, 1.165) is 35.7 Å². The predicted molar refractivity (Wildman–Crippen MR) is 128 cm³/mol. The van der Waals surface area contributed by atoms with Crippen LogP contribution in [-0.2, 0) is 4.79 Å². The van der Waals surface area contributed by atoms with Gasteiger partial charge >= 0.3 is 5.97 Å². The summed E-state index contributed by atoms with van der Waals surface area (Å²) in [5.41, 5.74) is 4.21. The highest BCUT2D eigenvalue weighted by Crippen LogP contribution is 2.29. The topological polar surface area (TPSA) is 86.3 Å². The third kappa shape index (κ3) is 4.92. The average molecular weight is 431 g/mol. The molecule has 2 aromatic carbocycles. The number of benzene rings is 2. The van der Waals surface area contributed by atoms with Crippen molar-refractivity contribution in [1.29, 1.82) is 0 Å². The van der Waals surface area contributed by atoms with Gasteiger partial charge in [-0.3, -0.25) is 4.79 Å². The first-order valence-electron chi connectivity index (χ1n) is 11.1. The van der Waals surface area contributed by atoms with E-state index >= 15 is 0 Å². The van der Waals surface area contributed by atoms with Crippen LogP contribution in [0.4, 0.5) is 11.5 Å². The van der Waals surface area contributed by atoms with Crippen molar-refractivity contribution >= 4 is 17.5 Å². The van der Waals surface area contributed by atoms with Crippen molar-refractivity contribution in [2.45, 2.75) is 37.8 Å². The number of nitrogens with one attached hydrogen (secondary N) is 3. The lowest BCUT2D eigenvalue weighted by molar-refractivity contribution is -0.138. The smallest absolute Gasteiger partial charge is 0.310 e. The summed E-state index contributed by atoms with van der Waals surface area (Å²) in [6, 6.07) is 22.5. The second-order valence-corrected chi connectivity index (χ2v) is 8.46. The molecule has 3 aromatic rings. The van der Waals surface area contributed by atoms with Gasteiger partial charge in [-0.15, -0.1) is 0 Å². The molecule has 6 heteroatoms. The molecule has 1 aliphatic heterocycles. The van der Waals surface area contributed by atoms with Crippen molar-refractivity contribution in [3.8, 4) is 0 Å². The van der Waals surface area contributed by atoms with Gasteiger partial charge in [0.1, 0.15) is 5.82 Å². The van der Waals surface area contributed by atoms with Gasteiger partial charge in [-0.1, -0.05) is 61.5 Å². The molecule has 4 rings (SSSR count). The molecule has 0 fully saturated rings. The number of carbonyl (C=O) groups is 1. The van der Waals surface area contributed by atoms with Crippen LogP contribution < -0.4 is 16.0 Å². The molecule has 0 bridgehead atoms. The van der Waals surface area contributed by atoms with Crippen LogP contribution in [0.5, 0.6) is 0 Å². The van der Waals surface area contributed by atoms with Crippen LogP contribution in [-0.4, -0.2) is 35.2 Å². The van der Waals surface area contributed by atoms with Crippen LogP contribution in [0.1, 0.15) is 48.4 Å². The molecule has 0 aliphatic carbocycles. The monoisotopic (exact) mass is 430 g/mol. The minimum atomic E-state index is -0.804. The summed E-state index contributed by atoms with van der Waals surface area (Å²) in [5, 5.41) is 20.2. The number of hydrogen-bond acceptors (Lipinski definition) is 5. The molecule has 0 unspecified atom stereocenters. The number of carboxylic acids is 1. The summed E-state index contributed by atoms with van der Waals surface area (Å²) in [7, 11) is 0. The van der Waals surface area contributed by atoms with Crippen LogP contribution in [0.2, 0.25) is 0 Å². The van der Waals surface area contributed by atoms with Crippen LogP contribution in [0.15, 0.2) is 72.9 Å². The summed E-state index contributed by atoms with van der Waals surface area (Å²) < 4.78 is 0. The highest BCUT2D eigenvalue weighted by Gasteiger charge is 2.27. The van der Waals surface area contributed by atoms with Crippen molar-refractivity contribution in [2.24, 2.45) is 0 Å². The van der Waals surface area contributed by atoms with E-state index in [2.05, 4.69) is 58.2 Å². The summed E-state index contributed by atoms with van der Waals surface area (Å²) in [6.07, 6.45) is 1.80. The van der Waals surface area contributed by atoms with Crippen molar-refractivity contribution in [3.05, 3.63) is 89.6 Å². The lowest BCUT2D eigenvalue weighted by atomic mass is 9.93. The van der Waals surface area contributed by atoms with Gasteiger partial charge in [0.25, 0.3) is 0 Å². The van der Waals surface area contributed by atoms with E-state index in [1.54, 1.807) is 13.1 Å². The molecule has 0 saturated carbocycles. The summed E-state index contributed by atoms with van der Waals surface area (Å²) in [6.45, 7) is 5.44. The molecular weight excluding hydrogens is 400 g/mol. The fourth-order valence-electron chi connectivity index (χ4n) is 4.16. The first-order valence-corrected chi connectivity index (χ1v) is 11.1. The second-order valence-electron chi connectivity index (χ2n) is 8.46. The van der Waals surface area contributed by atoms with Gasteiger partial charge in [-0.2, -0.15) is 0 Å². The average Bonchev–Trinajstić information content (AvgIpc) is 2.84. The predicted octanol–water partition coefficient (Wildman–Crippen LogP) is 4.61. The number of aromatic nitrogens is 1. The third-order valence-electron chi connectivity index (χ3n) is 6.20. The quantitative estimate of drug-likeness (QED) is 0.418. The van der Waals surface area contributed by atoms with E-state index in [1.807, 2.05) is 36.4 Å². The van der Waals surface area contributed by atoms with Crippen LogP contribution >= 0.6 is 0 Å². The molecule has 1 aliphatic rings. The van der Waals surface area contributed by atoms with E-state index < -0.39 is 11.9 Å². The zero-order valence-corrected chi connectivity index (χ0v) is 18.5. The Bertz CT molecular complexity index is 1060. The zero-order chi connectivity index (χ0) is 22.5. The van der Waals surface area contributed by atoms with E-state index in [0.29, 0.717) is 0 Å². The Morgan fingerprint density at radius 3 is 2.59 bits per heavy atom. The van der Waals surface area contributed by atoms with E-state index in [1.165, 1.54) is 5.56 Å². The minimum Gasteiger partial charge on any atom is -0.481 e. The van der Waals surface area contributed by atoms with Crippen molar-refractivity contribution in [2.75, 3.05) is 23.7 Å². The van der Waals surface area contributed by atoms with E-state index in [-0.39, 0.29) is 18.0 Å². The number of carboxylic acid groups (broad SMARTS) is 1. The van der Waals surface area contributed by atoms with Crippen molar-refractivity contribution in [1.82, 2.24) is 10.3 Å². The number of fused-ring (bicyclic) bond motifs is 1. The molecule has 6 nitrogen and oxygen atoms in total. The molecule has 32 heavy (non-hydrogen) atoms. The van der Waals surface area contributed by atoms with Crippen LogP contribution in [0, 0.1) is 0 Å². The minimum absolute atomic E-state index is 0.0856. The van der Waals surface area contributed by atoms with Gasteiger partial charge < -0.3 is 21.1 Å². The lowest BCUT2D eigenvalue weighted by Gasteiger charge is -2.35. The zero-order valence-electron chi connectivity index (χ0n) is 18.5. The maximum atomic E-state index is 11.4. The lowest BCUT2D eigenvalue weighted by Crippen LogP contribution is -2.45. The standard InChI is InChI=1S/C26H30N4O2/c1-17(20-10-6-11-21(14-20)18(2)26(31)32)15-29-24(19-8-4-3-5-9-19)23-16-28-22-12-7-13-27-25(22)30-23/h3-14,17-18,23-24,28-29H,15-16H2,1-2H3,(H,27,30)(H,31,32)/t17-,18+,23-,24-/m1/s1. The third-order valence-corrected chi connectivity index (χ3v) is 6.20. The number of pyridine rings is 1. The highest BCUT2D eigenvalue weighted by molar-refractivity contribution is 5.75. The second kappa shape index (κ2) is 9.83. The Morgan fingerprint density at radius 2 is 1.81 bits per heavy atom. The maximum absolute atomic E-state index is 11.4. The SMILES string of the molecule is C[C@H](CN[C@H](c1ccccc1)[C@H]1CNc2cccnc2N1)c1cccc([C@H](C)C(=O)O)c1. The highest BCUT2D eigenvalue weighted by atomic mass is 16.4. The summed E-state index contributed by atoms with van der Waals surface area (Å²) >= 11 is 0. The van der Waals surface area contributed by atoms with E-state index in [4.69, 9.17) is 0 Å². The summed E-state index contributed by atoms with van der Waals surface area (Å²) in [5.74, 6) is -0.224. The normalized spacial score (nSPS) is 17.9. The van der Waals surface area contributed by atoms with Crippen molar-refractivity contribution < 1.29 is 9.90 Å². The molecule has 4 atom stereocenters. The fraction of sp³-hybridized carbons (Fsp3) is 0.308. The number of hydrogen-bond donors (Lipinski definition) is 4. The van der Waals surface area contributed by atoms with Crippen LogP contribution in [0.3, 0.4) is 0 Å². The molecule has 4 N–H and O–H groups in total. The van der Waals surface area contributed by atoms with Gasteiger partial charge in [-0.25, -0.2) is 4.98 Å². The fourth-order valence-corrected chi connectivity index (χ4v) is 4.16. The number of anilines is 2. The molecule has 0 saturated heterocycles. The molecule has 2 heterocycles. The molecule has 1 aromatic heterocycles. The summed E-state index contributed by atoms with van der Waals surface area (Å²) in [4.78, 5) is 15.9. The Morgan fingerprint density at radius 1 is 1.06 bits per heavy atom. The maximum Gasteiger partial charge on any atom is 0.310 e. The van der Waals surface area contributed by atoms with Gasteiger partial charge in [0.15, 0.2) is 0 Å². The molecule has 0 radical (unpaired) electrons. The van der Waals surface area contributed by atoms with Crippen molar-refractivity contribution in [3.63, 3.8) is 0 Å². The number of nitrogens with zero attached hydrogens (tertiary/aromatic N) is 1. The van der Waals surface area contributed by atoms with Gasteiger partial charge in [-0.05, 0) is 41.7 Å². The molecular formula is C26H30N4O2. The van der Waals surface area contributed by atoms with Gasteiger partial charge in [0.05, 0.1) is 23.7 Å². The Balaban J connectivity index is 1.50. The van der Waals surface area contributed by atoms with Gasteiger partial charge in [0.2, 0.25) is 0 Å².